The Kier molecular flexibility index (Phi) is 7.45. The maximum absolute atomic E-state index is 12.7. The minimum absolute atomic E-state index is 0.0455. The molecular formula is C23H31N3O2S. The standard InChI is InChI=1S/C23H31N3O2S/c1-4-8-17(15-27)24-23(28)16-10-11-21-20(13-16)25-22(14-19-9-7-12-29-19)26(21)18(5-2)6-3/h7,9-13,17-18,27H,4-6,8,14-15H2,1-3H3,(H,24,28)/t17-/m0/s1. The minimum atomic E-state index is -0.209. The second kappa shape index (κ2) is 10.0. The van der Waals surface area contributed by atoms with Gasteiger partial charge in [-0.15, -0.1) is 11.3 Å². The molecule has 5 nitrogen and oxygen atoms in total. The van der Waals surface area contributed by atoms with Crippen LogP contribution in [0.4, 0.5) is 0 Å². The molecule has 1 aromatic carbocycles. The van der Waals surface area contributed by atoms with Crippen LogP contribution in [0, 0.1) is 0 Å². The van der Waals surface area contributed by atoms with Crippen molar-refractivity contribution in [3.8, 4) is 0 Å². The molecule has 0 saturated heterocycles. The third-order valence-electron chi connectivity index (χ3n) is 5.44. The third kappa shape index (κ3) is 4.87. The summed E-state index contributed by atoms with van der Waals surface area (Å²) in [7, 11) is 0. The van der Waals surface area contributed by atoms with Gasteiger partial charge in [0.15, 0.2) is 0 Å². The lowest BCUT2D eigenvalue weighted by Crippen LogP contribution is -2.37. The van der Waals surface area contributed by atoms with E-state index >= 15 is 0 Å². The quantitative estimate of drug-likeness (QED) is 0.495. The first-order valence-corrected chi connectivity index (χ1v) is 11.4. The molecule has 3 aromatic rings. The van der Waals surface area contributed by atoms with Crippen molar-refractivity contribution in [2.45, 2.75) is 65.0 Å². The van der Waals surface area contributed by atoms with Gasteiger partial charge in [0.1, 0.15) is 5.82 Å². The van der Waals surface area contributed by atoms with Crippen LogP contribution in [-0.4, -0.2) is 33.2 Å². The fourth-order valence-electron chi connectivity index (χ4n) is 3.87. The number of benzene rings is 1. The van der Waals surface area contributed by atoms with Gasteiger partial charge in [0, 0.05) is 22.9 Å². The van der Waals surface area contributed by atoms with Crippen LogP contribution in [0.15, 0.2) is 35.7 Å². The molecule has 3 rings (SSSR count). The van der Waals surface area contributed by atoms with E-state index in [-0.39, 0.29) is 18.6 Å². The molecule has 0 aliphatic carbocycles. The number of rotatable bonds is 10. The van der Waals surface area contributed by atoms with Crippen molar-refractivity contribution in [2.24, 2.45) is 0 Å². The van der Waals surface area contributed by atoms with Gasteiger partial charge in [-0.05, 0) is 48.9 Å². The minimum Gasteiger partial charge on any atom is -0.394 e. The largest absolute Gasteiger partial charge is 0.394 e. The molecule has 0 spiro atoms. The van der Waals surface area contributed by atoms with Gasteiger partial charge < -0.3 is 15.0 Å². The number of aliphatic hydroxyl groups excluding tert-OH is 1. The van der Waals surface area contributed by atoms with Gasteiger partial charge >= 0.3 is 0 Å². The van der Waals surface area contributed by atoms with Crippen LogP contribution in [0.25, 0.3) is 11.0 Å². The van der Waals surface area contributed by atoms with E-state index in [0.29, 0.717) is 11.6 Å². The van der Waals surface area contributed by atoms with E-state index in [1.54, 1.807) is 11.3 Å². The van der Waals surface area contributed by atoms with Crippen molar-refractivity contribution in [3.05, 3.63) is 52.0 Å². The second-order valence-electron chi connectivity index (χ2n) is 7.47. The molecule has 0 fully saturated rings. The van der Waals surface area contributed by atoms with Crippen LogP contribution in [-0.2, 0) is 6.42 Å². The maximum atomic E-state index is 12.7. The fraction of sp³-hybridized carbons (Fsp3) is 0.478. The molecule has 0 bridgehead atoms. The first-order chi connectivity index (χ1) is 14.1. The third-order valence-corrected chi connectivity index (χ3v) is 6.31. The molecule has 156 valence electrons. The number of hydrogen-bond acceptors (Lipinski definition) is 4. The Morgan fingerprint density at radius 2 is 2.03 bits per heavy atom. The number of carbonyl (C=O) groups excluding carboxylic acids is 1. The Morgan fingerprint density at radius 1 is 1.24 bits per heavy atom. The number of nitrogens with zero attached hydrogens (tertiary/aromatic N) is 2. The normalized spacial score (nSPS) is 12.6. The lowest BCUT2D eigenvalue weighted by molar-refractivity contribution is 0.0913. The highest BCUT2D eigenvalue weighted by atomic mass is 32.1. The molecule has 1 amide bonds. The summed E-state index contributed by atoms with van der Waals surface area (Å²) >= 11 is 1.74. The van der Waals surface area contributed by atoms with E-state index in [1.807, 2.05) is 25.1 Å². The van der Waals surface area contributed by atoms with Gasteiger partial charge in [-0.3, -0.25) is 4.79 Å². The summed E-state index contributed by atoms with van der Waals surface area (Å²) in [5.41, 5.74) is 2.52. The van der Waals surface area contributed by atoms with Crippen LogP contribution in [0.5, 0.6) is 0 Å². The average molecular weight is 414 g/mol. The molecule has 0 aliphatic rings. The molecule has 2 heterocycles. The molecular weight excluding hydrogens is 382 g/mol. The van der Waals surface area contributed by atoms with Crippen LogP contribution >= 0.6 is 11.3 Å². The van der Waals surface area contributed by atoms with E-state index in [1.165, 1.54) is 4.88 Å². The van der Waals surface area contributed by atoms with Gasteiger partial charge in [0.2, 0.25) is 0 Å². The molecule has 0 aliphatic heterocycles. The lowest BCUT2D eigenvalue weighted by atomic mass is 10.1. The van der Waals surface area contributed by atoms with Gasteiger partial charge in [-0.25, -0.2) is 4.98 Å². The Bertz CT molecular complexity index is 929. The topological polar surface area (TPSA) is 67.2 Å². The summed E-state index contributed by atoms with van der Waals surface area (Å²) in [5, 5.41) is 14.5. The Balaban J connectivity index is 1.96. The first kappa shape index (κ1) is 21.5. The zero-order chi connectivity index (χ0) is 20.8. The Hall–Kier alpha value is -2.18. The summed E-state index contributed by atoms with van der Waals surface area (Å²) in [6.07, 6.45) is 4.55. The van der Waals surface area contributed by atoms with Crippen molar-refractivity contribution in [3.63, 3.8) is 0 Å². The highest BCUT2D eigenvalue weighted by Gasteiger charge is 2.19. The van der Waals surface area contributed by atoms with Crippen molar-refractivity contribution >= 4 is 28.3 Å². The second-order valence-corrected chi connectivity index (χ2v) is 8.50. The summed E-state index contributed by atoms with van der Waals surface area (Å²) in [5.74, 6) is 0.893. The number of thiophene rings is 1. The molecule has 29 heavy (non-hydrogen) atoms. The molecule has 0 saturated carbocycles. The predicted molar refractivity (Wildman–Crippen MR) is 120 cm³/mol. The van der Waals surface area contributed by atoms with Crippen molar-refractivity contribution in [2.75, 3.05) is 6.61 Å². The first-order valence-electron chi connectivity index (χ1n) is 10.6. The lowest BCUT2D eigenvalue weighted by Gasteiger charge is -2.19. The summed E-state index contributed by atoms with van der Waals surface area (Å²) in [6.45, 7) is 6.41. The van der Waals surface area contributed by atoms with Crippen molar-refractivity contribution in [1.82, 2.24) is 14.9 Å². The predicted octanol–water partition coefficient (Wildman–Crippen LogP) is 4.94. The Labute approximate surface area is 176 Å². The van der Waals surface area contributed by atoms with E-state index in [2.05, 4.69) is 41.2 Å². The van der Waals surface area contributed by atoms with Gasteiger partial charge in [0.25, 0.3) is 5.91 Å². The van der Waals surface area contributed by atoms with Gasteiger partial charge in [-0.2, -0.15) is 0 Å². The number of aromatic nitrogens is 2. The molecule has 2 N–H and O–H groups in total. The highest BCUT2D eigenvalue weighted by Crippen LogP contribution is 2.28. The number of carbonyl (C=O) groups is 1. The number of imidazole rings is 1. The number of fused-ring (bicyclic) bond motifs is 1. The van der Waals surface area contributed by atoms with Crippen LogP contribution in [0.1, 0.15) is 73.6 Å². The SMILES string of the molecule is CCC[C@@H](CO)NC(=O)c1ccc2c(c1)nc(Cc1cccs1)n2C(CC)CC. The van der Waals surface area contributed by atoms with Crippen LogP contribution in [0.2, 0.25) is 0 Å². The van der Waals surface area contributed by atoms with E-state index in [0.717, 1.165) is 49.0 Å². The molecule has 0 unspecified atom stereocenters. The monoisotopic (exact) mass is 413 g/mol. The number of nitrogens with one attached hydrogen (secondary N) is 1. The molecule has 1 atom stereocenters. The van der Waals surface area contributed by atoms with Gasteiger partial charge in [0.05, 0.1) is 23.7 Å². The summed E-state index contributed by atoms with van der Waals surface area (Å²) in [4.78, 5) is 18.9. The Morgan fingerprint density at radius 3 is 2.66 bits per heavy atom. The number of hydrogen-bond donors (Lipinski definition) is 2. The smallest absolute Gasteiger partial charge is 0.251 e. The number of amides is 1. The van der Waals surface area contributed by atoms with Crippen LogP contribution < -0.4 is 5.32 Å². The van der Waals surface area contributed by atoms with Crippen molar-refractivity contribution < 1.29 is 9.90 Å². The molecule has 0 radical (unpaired) electrons. The van der Waals surface area contributed by atoms with Crippen LogP contribution in [0.3, 0.4) is 0 Å². The zero-order valence-electron chi connectivity index (χ0n) is 17.5. The molecule has 2 aromatic heterocycles. The highest BCUT2D eigenvalue weighted by molar-refractivity contribution is 7.09. The van der Waals surface area contributed by atoms with Gasteiger partial charge in [-0.1, -0.05) is 33.3 Å². The molecule has 6 heteroatoms. The average Bonchev–Trinajstić information content (AvgIpc) is 3.36. The van der Waals surface area contributed by atoms with Crippen molar-refractivity contribution in [1.29, 1.82) is 0 Å². The summed E-state index contributed by atoms with van der Waals surface area (Å²) in [6, 6.07) is 10.2. The van der Waals surface area contributed by atoms with E-state index in [4.69, 9.17) is 4.98 Å². The zero-order valence-corrected chi connectivity index (χ0v) is 18.3. The van der Waals surface area contributed by atoms with E-state index < -0.39 is 0 Å². The summed E-state index contributed by atoms with van der Waals surface area (Å²) < 4.78 is 2.35. The maximum Gasteiger partial charge on any atom is 0.251 e. The fourth-order valence-corrected chi connectivity index (χ4v) is 4.57. The van der Waals surface area contributed by atoms with E-state index in [9.17, 15) is 9.90 Å². The number of aliphatic hydroxyl groups is 1.